The summed E-state index contributed by atoms with van der Waals surface area (Å²) >= 11 is 0. The molecule has 1 aliphatic rings. The van der Waals surface area contributed by atoms with Gasteiger partial charge in [0.2, 0.25) is 5.91 Å². The van der Waals surface area contributed by atoms with E-state index in [1.54, 1.807) is 0 Å². The van der Waals surface area contributed by atoms with Gasteiger partial charge in [0.25, 0.3) is 0 Å². The quantitative estimate of drug-likeness (QED) is 0.421. The monoisotopic (exact) mass is 205 g/mol. The van der Waals surface area contributed by atoms with Crippen LogP contribution in [0.3, 0.4) is 0 Å². The maximum Gasteiger partial charge on any atom is 1.00 e. The number of carboxylic acids is 1. The van der Waals surface area contributed by atoms with Gasteiger partial charge < -0.3 is 31.6 Å². The van der Waals surface area contributed by atoms with E-state index < -0.39 is 12.0 Å². The third kappa shape index (κ3) is 6.94. The van der Waals surface area contributed by atoms with Gasteiger partial charge in [0.05, 0.1) is 12.0 Å². The first kappa shape index (κ1) is 23.0. The van der Waals surface area contributed by atoms with Crippen molar-refractivity contribution in [1.29, 1.82) is 0 Å². The van der Waals surface area contributed by atoms with Crippen molar-refractivity contribution in [1.82, 2.24) is 5.32 Å². The molecule has 0 radical (unpaired) electrons. The molecule has 0 spiro atoms. The summed E-state index contributed by atoms with van der Waals surface area (Å²) in [7, 11) is 0. The van der Waals surface area contributed by atoms with Gasteiger partial charge in [0, 0.05) is 6.42 Å². The zero-order chi connectivity index (χ0) is 6.85. The van der Waals surface area contributed by atoms with Crippen molar-refractivity contribution < 1.29 is 60.7 Å². The number of carboxylic acid groups (broad SMARTS) is 1. The number of amides is 1. The minimum Gasteiger partial charge on any atom is -0.548 e. The molecule has 1 amide bonds. The summed E-state index contributed by atoms with van der Waals surface area (Å²) in [5.41, 5.74) is 0. The van der Waals surface area contributed by atoms with Crippen LogP contribution < -0.4 is 40.0 Å². The summed E-state index contributed by atoms with van der Waals surface area (Å²) in [6.45, 7) is 0. The predicted octanol–water partition coefficient (Wildman–Crippen LogP) is -7.46. The van der Waals surface area contributed by atoms with Crippen LogP contribution in [0.25, 0.3) is 0 Å². The van der Waals surface area contributed by atoms with E-state index in [-0.39, 0.29) is 51.9 Å². The minimum absolute atomic E-state index is 0. The molecule has 1 heterocycles. The summed E-state index contributed by atoms with van der Waals surface area (Å²) in [5, 5.41) is 12.3. The van der Waals surface area contributed by atoms with E-state index in [0.29, 0.717) is 12.8 Å². The van der Waals surface area contributed by atoms with Crippen LogP contribution in [0.1, 0.15) is 12.8 Å². The smallest absolute Gasteiger partial charge is 0.548 e. The SMILES string of the molecule is O.O.O.O=C1CCC(C(=O)[O-])N1.[Na+]. The van der Waals surface area contributed by atoms with E-state index >= 15 is 0 Å². The van der Waals surface area contributed by atoms with Gasteiger partial charge in [-0.3, -0.25) is 4.79 Å². The molecule has 13 heavy (non-hydrogen) atoms. The summed E-state index contributed by atoms with van der Waals surface area (Å²) in [6, 6.07) is -0.752. The Labute approximate surface area is 96.7 Å². The second kappa shape index (κ2) is 9.90. The molecule has 1 unspecified atom stereocenters. The number of aliphatic carboxylic acids is 1. The molecule has 1 atom stereocenters. The number of carbonyl (C=O) groups is 2. The first-order valence-electron chi connectivity index (χ1n) is 2.70. The molecular formula is C5H12NNaO6. The van der Waals surface area contributed by atoms with Crippen LogP contribution >= 0.6 is 0 Å². The Morgan fingerprint density at radius 2 is 1.85 bits per heavy atom. The van der Waals surface area contributed by atoms with E-state index in [0.717, 1.165) is 0 Å². The average Bonchev–Trinajstić information content (AvgIpc) is 2.14. The summed E-state index contributed by atoms with van der Waals surface area (Å²) in [5.74, 6) is -1.40. The number of carbonyl (C=O) groups excluding carboxylic acids is 2. The third-order valence-electron chi connectivity index (χ3n) is 1.28. The zero-order valence-electron chi connectivity index (χ0n) is 7.22. The molecule has 7 nitrogen and oxygen atoms in total. The molecule has 7 N–H and O–H groups in total. The fourth-order valence-corrected chi connectivity index (χ4v) is 0.791. The molecular weight excluding hydrogens is 193 g/mol. The fourth-order valence-electron chi connectivity index (χ4n) is 0.791. The molecule has 74 valence electrons. The maximum atomic E-state index is 10.4. The molecule has 8 heteroatoms. The Balaban J connectivity index is -0.000000101. The zero-order valence-corrected chi connectivity index (χ0v) is 9.22. The van der Waals surface area contributed by atoms with E-state index in [1.807, 2.05) is 0 Å². The standard InChI is InChI=1S/C5H7NO3.Na.3H2O/c7-4-2-1-3(6-4)5(8)9;;;;/h3H,1-2H2,(H,6,7)(H,8,9);;3*1H2/q;+1;;;/p-1. The Morgan fingerprint density at radius 3 is 2.00 bits per heavy atom. The van der Waals surface area contributed by atoms with Crippen molar-refractivity contribution >= 4 is 11.9 Å². The van der Waals surface area contributed by atoms with Crippen LogP contribution in [-0.2, 0) is 9.59 Å². The summed E-state index contributed by atoms with van der Waals surface area (Å²) in [6.07, 6.45) is 0.666. The van der Waals surface area contributed by atoms with Crippen LogP contribution in [0.4, 0.5) is 0 Å². The third-order valence-corrected chi connectivity index (χ3v) is 1.28. The van der Waals surface area contributed by atoms with E-state index in [1.165, 1.54) is 0 Å². The van der Waals surface area contributed by atoms with Gasteiger partial charge >= 0.3 is 29.6 Å². The average molecular weight is 205 g/mol. The second-order valence-electron chi connectivity index (χ2n) is 1.98. The topological polar surface area (TPSA) is 164 Å². The first-order valence-corrected chi connectivity index (χ1v) is 2.70. The Hall–Kier alpha value is -0.180. The fraction of sp³-hybridized carbons (Fsp3) is 0.600. The van der Waals surface area contributed by atoms with Crippen LogP contribution in [0.15, 0.2) is 0 Å². The Morgan fingerprint density at radius 1 is 1.38 bits per heavy atom. The van der Waals surface area contributed by atoms with Gasteiger partial charge in [-0.05, 0) is 6.42 Å². The molecule has 0 aromatic heterocycles. The Kier molecular flexibility index (Phi) is 17.5. The number of nitrogens with one attached hydrogen (secondary N) is 1. The molecule has 1 aliphatic heterocycles. The maximum absolute atomic E-state index is 10.4. The van der Waals surface area contributed by atoms with E-state index in [2.05, 4.69) is 5.32 Å². The number of hydrogen-bond acceptors (Lipinski definition) is 3. The van der Waals surface area contributed by atoms with E-state index in [4.69, 9.17) is 0 Å². The molecule has 0 saturated carbocycles. The largest absolute Gasteiger partial charge is 1.00 e. The molecule has 0 bridgehead atoms. The molecule has 1 saturated heterocycles. The second-order valence-corrected chi connectivity index (χ2v) is 1.98. The van der Waals surface area contributed by atoms with Gasteiger partial charge in [-0.25, -0.2) is 0 Å². The number of hydrogen-bond donors (Lipinski definition) is 1. The van der Waals surface area contributed by atoms with Crippen molar-refractivity contribution in [2.45, 2.75) is 18.9 Å². The molecule has 0 aromatic carbocycles. The first-order chi connectivity index (χ1) is 4.20. The van der Waals surface area contributed by atoms with Gasteiger partial charge in [-0.15, -0.1) is 0 Å². The van der Waals surface area contributed by atoms with Crippen LogP contribution in [0, 0.1) is 0 Å². The van der Waals surface area contributed by atoms with Crippen LogP contribution in [-0.4, -0.2) is 34.3 Å². The molecule has 1 rings (SSSR count). The van der Waals surface area contributed by atoms with Crippen molar-refractivity contribution in [2.75, 3.05) is 0 Å². The van der Waals surface area contributed by atoms with E-state index in [9.17, 15) is 14.7 Å². The van der Waals surface area contributed by atoms with Crippen molar-refractivity contribution in [2.24, 2.45) is 0 Å². The van der Waals surface area contributed by atoms with Gasteiger partial charge in [-0.1, -0.05) is 0 Å². The molecule has 1 fully saturated rings. The molecule has 0 aliphatic carbocycles. The number of rotatable bonds is 1. The molecule has 0 aromatic rings. The summed E-state index contributed by atoms with van der Waals surface area (Å²) in [4.78, 5) is 20.4. The van der Waals surface area contributed by atoms with Crippen molar-refractivity contribution in [3.05, 3.63) is 0 Å². The van der Waals surface area contributed by atoms with Crippen molar-refractivity contribution in [3.63, 3.8) is 0 Å². The van der Waals surface area contributed by atoms with Crippen LogP contribution in [0.2, 0.25) is 0 Å². The van der Waals surface area contributed by atoms with Gasteiger partial charge in [0.1, 0.15) is 0 Å². The summed E-state index contributed by atoms with van der Waals surface area (Å²) < 4.78 is 0. The van der Waals surface area contributed by atoms with Gasteiger partial charge in [0.15, 0.2) is 0 Å². The van der Waals surface area contributed by atoms with Crippen LogP contribution in [0.5, 0.6) is 0 Å². The normalized spacial score (nSPS) is 17.8. The predicted molar refractivity (Wildman–Crippen MR) is 37.0 cm³/mol. The van der Waals surface area contributed by atoms with Crippen molar-refractivity contribution in [3.8, 4) is 0 Å². The van der Waals surface area contributed by atoms with Gasteiger partial charge in [-0.2, -0.15) is 0 Å². The minimum atomic E-state index is -1.19. The Bertz CT molecular complexity index is 163.